The maximum atomic E-state index is 13.7. The van der Waals surface area contributed by atoms with Crippen LogP contribution in [0.2, 0.25) is 0 Å². The monoisotopic (exact) mass is 489 g/mol. The summed E-state index contributed by atoms with van der Waals surface area (Å²) in [4.78, 5) is 28.0. The molecular weight excluding hydrogens is 461 g/mol. The SMILES string of the molecule is COc1cccc(C2/C(=C(\O)c3cc(C(C)(C)C)ccc3OC)C(=O)C(=O)N2c2ccc(F)cc2)c1. The number of amides is 1. The van der Waals surface area contributed by atoms with E-state index in [0.29, 0.717) is 28.3 Å². The van der Waals surface area contributed by atoms with E-state index >= 15 is 0 Å². The fourth-order valence-corrected chi connectivity index (χ4v) is 4.33. The number of hydrogen-bond donors (Lipinski definition) is 1. The molecule has 7 heteroatoms. The standard InChI is InChI=1S/C29H28FNO5/c1-29(2,3)18-9-14-23(36-5)22(16-18)26(32)24-25(17-7-6-8-21(15-17)35-4)31(28(34)27(24)33)20-12-10-19(30)11-13-20/h6-16,25,32H,1-5H3/b26-24+. The number of aliphatic hydroxyl groups is 1. The second kappa shape index (κ2) is 9.49. The van der Waals surface area contributed by atoms with Crippen molar-refractivity contribution in [1.29, 1.82) is 0 Å². The number of benzene rings is 3. The van der Waals surface area contributed by atoms with Gasteiger partial charge in [0.05, 0.1) is 31.4 Å². The fraction of sp³-hybridized carbons (Fsp3) is 0.241. The predicted octanol–water partition coefficient (Wildman–Crippen LogP) is 5.77. The lowest BCUT2D eigenvalue weighted by Crippen LogP contribution is -2.29. The van der Waals surface area contributed by atoms with Gasteiger partial charge in [0.25, 0.3) is 11.7 Å². The van der Waals surface area contributed by atoms with Crippen molar-refractivity contribution in [2.45, 2.75) is 32.2 Å². The summed E-state index contributed by atoms with van der Waals surface area (Å²) in [6, 6.07) is 16.6. The van der Waals surface area contributed by atoms with Crippen LogP contribution in [0.1, 0.15) is 43.5 Å². The lowest BCUT2D eigenvalue weighted by atomic mass is 9.85. The van der Waals surface area contributed by atoms with Crippen LogP contribution in [-0.2, 0) is 15.0 Å². The number of Topliss-reactive ketones (excluding diaryl/α,β-unsaturated/α-hetero) is 1. The van der Waals surface area contributed by atoms with Crippen LogP contribution in [0.25, 0.3) is 5.76 Å². The zero-order chi connectivity index (χ0) is 26.2. The van der Waals surface area contributed by atoms with Crippen molar-refractivity contribution in [2.75, 3.05) is 19.1 Å². The molecule has 1 N–H and O–H groups in total. The Kier molecular flexibility index (Phi) is 6.59. The van der Waals surface area contributed by atoms with E-state index in [1.807, 2.05) is 26.8 Å². The van der Waals surface area contributed by atoms with Crippen molar-refractivity contribution in [3.8, 4) is 11.5 Å². The van der Waals surface area contributed by atoms with Gasteiger partial charge in [-0.3, -0.25) is 14.5 Å². The normalized spacial score (nSPS) is 17.4. The minimum Gasteiger partial charge on any atom is -0.507 e. The van der Waals surface area contributed by atoms with Crippen molar-refractivity contribution in [3.05, 3.63) is 94.8 Å². The summed E-state index contributed by atoms with van der Waals surface area (Å²) in [5.41, 5.74) is 1.74. The average Bonchev–Trinajstić information content (AvgIpc) is 3.13. The van der Waals surface area contributed by atoms with E-state index in [-0.39, 0.29) is 16.7 Å². The highest BCUT2D eigenvalue weighted by molar-refractivity contribution is 6.51. The molecule has 1 aliphatic rings. The van der Waals surface area contributed by atoms with Gasteiger partial charge in [-0.15, -0.1) is 0 Å². The van der Waals surface area contributed by atoms with Crippen LogP contribution in [0, 0.1) is 5.82 Å². The molecule has 1 unspecified atom stereocenters. The molecule has 1 saturated heterocycles. The van der Waals surface area contributed by atoms with Gasteiger partial charge < -0.3 is 14.6 Å². The van der Waals surface area contributed by atoms with Gasteiger partial charge in [0.2, 0.25) is 0 Å². The highest BCUT2D eigenvalue weighted by Gasteiger charge is 2.47. The second-order valence-electron chi connectivity index (χ2n) is 9.59. The Hall–Kier alpha value is -4.13. The van der Waals surface area contributed by atoms with E-state index in [2.05, 4.69) is 0 Å². The Bertz CT molecular complexity index is 1350. The number of hydrogen-bond acceptors (Lipinski definition) is 5. The van der Waals surface area contributed by atoms with Crippen molar-refractivity contribution >= 4 is 23.1 Å². The number of aliphatic hydroxyl groups excluding tert-OH is 1. The third kappa shape index (κ3) is 4.44. The Morgan fingerprint density at radius 2 is 1.64 bits per heavy atom. The smallest absolute Gasteiger partial charge is 0.300 e. The molecule has 0 radical (unpaired) electrons. The third-order valence-electron chi connectivity index (χ3n) is 6.28. The van der Waals surface area contributed by atoms with Crippen molar-refractivity contribution < 1.29 is 28.6 Å². The number of ketones is 1. The maximum absolute atomic E-state index is 13.7. The number of rotatable bonds is 5. The van der Waals surface area contributed by atoms with E-state index in [9.17, 15) is 19.1 Å². The molecule has 3 aromatic rings. The van der Waals surface area contributed by atoms with Crippen LogP contribution < -0.4 is 14.4 Å². The number of carbonyl (C=O) groups excluding carboxylic acids is 2. The van der Waals surface area contributed by atoms with Crippen LogP contribution >= 0.6 is 0 Å². The van der Waals surface area contributed by atoms with Gasteiger partial charge >= 0.3 is 0 Å². The molecule has 4 rings (SSSR count). The van der Waals surface area contributed by atoms with E-state index in [1.165, 1.54) is 43.4 Å². The topological polar surface area (TPSA) is 76.1 Å². The molecular formula is C29H28FNO5. The first-order valence-electron chi connectivity index (χ1n) is 11.5. The zero-order valence-corrected chi connectivity index (χ0v) is 20.8. The largest absolute Gasteiger partial charge is 0.507 e. The summed E-state index contributed by atoms with van der Waals surface area (Å²) in [6.07, 6.45) is 0. The molecule has 1 heterocycles. The molecule has 1 fully saturated rings. The quantitative estimate of drug-likeness (QED) is 0.280. The van der Waals surface area contributed by atoms with Crippen LogP contribution in [0.15, 0.2) is 72.3 Å². The molecule has 0 saturated carbocycles. The molecule has 0 aromatic heterocycles. The fourth-order valence-electron chi connectivity index (χ4n) is 4.33. The van der Waals surface area contributed by atoms with Crippen molar-refractivity contribution in [2.24, 2.45) is 0 Å². The minimum absolute atomic E-state index is 0.0954. The third-order valence-corrected chi connectivity index (χ3v) is 6.28. The number of anilines is 1. The van der Waals surface area contributed by atoms with Crippen molar-refractivity contribution in [1.82, 2.24) is 0 Å². The van der Waals surface area contributed by atoms with E-state index in [1.54, 1.807) is 36.4 Å². The van der Waals surface area contributed by atoms with Crippen LogP contribution in [0.3, 0.4) is 0 Å². The lowest BCUT2D eigenvalue weighted by Gasteiger charge is -2.26. The summed E-state index contributed by atoms with van der Waals surface area (Å²) >= 11 is 0. The van der Waals surface area contributed by atoms with Gasteiger partial charge in [-0.1, -0.05) is 39.0 Å². The van der Waals surface area contributed by atoms with Gasteiger partial charge in [0, 0.05) is 5.69 Å². The van der Waals surface area contributed by atoms with Gasteiger partial charge in [-0.05, 0) is 65.1 Å². The van der Waals surface area contributed by atoms with Gasteiger partial charge in [-0.2, -0.15) is 0 Å². The van der Waals surface area contributed by atoms with E-state index in [4.69, 9.17) is 9.47 Å². The maximum Gasteiger partial charge on any atom is 0.300 e. The minimum atomic E-state index is -0.978. The summed E-state index contributed by atoms with van der Waals surface area (Å²) in [6.45, 7) is 6.09. The number of nitrogens with zero attached hydrogens (tertiary/aromatic N) is 1. The number of carbonyl (C=O) groups is 2. The summed E-state index contributed by atoms with van der Waals surface area (Å²) in [5.74, 6) is -1.64. The molecule has 1 amide bonds. The molecule has 186 valence electrons. The molecule has 3 aromatic carbocycles. The first-order valence-corrected chi connectivity index (χ1v) is 11.5. The Morgan fingerprint density at radius 3 is 2.25 bits per heavy atom. The Labute approximate surface area is 209 Å². The van der Waals surface area contributed by atoms with Gasteiger partial charge in [0.15, 0.2) is 0 Å². The molecule has 0 bridgehead atoms. The number of methoxy groups -OCH3 is 2. The second-order valence-corrected chi connectivity index (χ2v) is 9.59. The van der Waals surface area contributed by atoms with Crippen LogP contribution in [0.4, 0.5) is 10.1 Å². The summed E-state index contributed by atoms with van der Waals surface area (Å²) in [5, 5.41) is 11.6. The first-order chi connectivity index (χ1) is 17.1. The molecule has 0 aliphatic carbocycles. The van der Waals surface area contributed by atoms with Gasteiger partial charge in [-0.25, -0.2) is 4.39 Å². The zero-order valence-electron chi connectivity index (χ0n) is 20.8. The molecule has 1 aliphatic heterocycles. The molecule has 6 nitrogen and oxygen atoms in total. The van der Waals surface area contributed by atoms with E-state index < -0.39 is 23.5 Å². The predicted molar refractivity (Wildman–Crippen MR) is 136 cm³/mol. The Balaban J connectivity index is 2.00. The lowest BCUT2D eigenvalue weighted by molar-refractivity contribution is -0.132. The number of halogens is 1. The van der Waals surface area contributed by atoms with Crippen LogP contribution in [-0.4, -0.2) is 31.0 Å². The first kappa shape index (κ1) is 25.0. The summed E-state index contributed by atoms with van der Waals surface area (Å²) < 4.78 is 24.5. The summed E-state index contributed by atoms with van der Waals surface area (Å²) in [7, 11) is 2.98. The highest BCUT2D eigenvalue weighted by atomic mass is 19.1. The van der Waals surface area contributed by atoms with Gasteiger partial charge in [0.1, 0.15) is 23.1 Å². The average molecular weight is 490 g/mol. The Morgan fingerprint density at radius 1 is 0.944 bits per heavy atom. The number of ether oxygens (including phenoxy) is 2. The van der Waals surface area contributed by atoms with Crippen LogP contribution in [0.5, 0.6) is 11.5 Å². The molecule has 1 atom stereocenters. The van der Waals surface area contributed by atoms with Crippen molar-refractivity contribution in [3.63, 3.8) is 0 Å². The molecule has 36 heavy (non-hydrogen) atoms. The molecule has 0 spiro atoms. The van der Waals surface area contributed by atoms with E-state index in [0.717, 1.165) is 5.56 Å². The highest BCUT2D eigenvalue weighted by Crippen LogP contribution is 2.44.